The van der Waals surface area contributed by atoms with Crippen molar-refractivity contribution in [2.45, 2.75) is 33.7 Å². The van der Waals surface area contributed by atoms with Crippen molar-refractivity contribution >= 4 is 17.2 Å². The maximum Gasteiger partial charge on any atom is 0.292 e. The van der Waals surface area contributed by atoms with Gasteiger partial charge in [-0.15, -0.1) is 0 Å². The first-order valence-electron chi connectivity index (χ1n) is 9.72. The standard InChI is InChI=1S/C21H28N4O3/c1-15(2)24-16(3)13-18(17(24)4)21(26)14-22-9-11-23(12-10-22)19-7-5-6-8-20(19)25(27)28/h5-8,13,15H,9-12,14H2,1-4H3. The molecule has 1 saturated heterocycles. The largest absolute Gasteiger partial charge is 0.363 e. The van der Waals surface area contributed by atoms with E-state index in [0.717, 1.165) is 17.0 Å². The lowest BCUT2D eigenvalue weighted by Gasteiger charge is -2.35. The Bertz CT molecular complexity index is 880. The van der Waals surface area contributed by atoms with E-state index in [1.807, 2.05) is 30.9 Å². The topological polar surface area (TPSA) is 71.6 Å². The molecule has 1 aromatic carbocycles. The quantitative estimate of drug-likeness (QED) is 0.432. The van der Waals surface area contributed by atoms with Crippen molar-refractivity contribution in [1.29, 1.82) is 0 Å². The summed E-state index contributed by atoms with van der Waals surface area (Å²) in [5, 5.41) is 11.3. The molecule has 1 aliphatic rings. The van der Waals surface area contributed by atoms with Crippen molar-refractivity contribution in [2.75, 3.05) is 37.6 Å². The van der Waals surface area contributed by atoms with Gasteiger partial charge in [-0.3, -0.25) is 19.8 Å². The van der Waals surface area contributed by atoms with Crippen molar-refractivity contribution in [1.82, 2.24) is 9.47 Å². The van der Waals surface area contributed by atoms with Crippen LogP contribution in [0, 0.1) is 24.0 Å². The van der Waals surface area contributed by atoms with Gasteiger partial charge in [-0.2, -0.15) is 0 Å². The number of carbonyl (C=O) groups is 1. The maximum absolute atomic E-state index is 12.9. The van der Waals surface area contributed by atoms with Crippen LogP contribution in [0.3, 0.4) is 0 Å². The zero-order chi connectivity index (χ0) is 20.4. The van der Waals surface area contributed by atoms with Gasteiger partial charge in [0.15, 0.2) is 5.78 Å². The fraction of sp³-hybridized carbons (Fsp3) is 0.476. The minimum absolute atomic E-state index is 0.133. The number of aryl methyl sites for hydroxylation is 1. The lowest BCUT2D eigenvalue weighted by atomic mass is 10.1. The Labute approximate surface area is 165 Å². The number of carbonyl (C=O) groups excluding carboxylic acids is 1. The van der Waals surface area contributed by atoms with Gasteiger partial charge in [-0.05, 0) is 39.8 Å². The van der Waals surface area contributed by atoms with Crippen LogP contribution < -0.4 is 4.90 Å². The van der Waals surface area contributed by atoms with Gasteiger partial charge in [0.05, 0.1) is 11.5 Å². The van der Waals surface area contributed by atoms with Gasteiger partial charge in [-0.1, -0.05) is 12.1 Å². The number of para-hydroxylation sites is 2. The molecular weight excluding hydrogens is 356 g/mol. The van der Waals surface area contributed by atoms with E-state index < -0.39 is 0 Å². The third-order valence-corrected chi connectivity index (χ3v) is 5.46. The fourth-order valence-corrected chi connectivity index (χ4v) is 4.18. The predicted molar refractivity (Wildman–Crippen MR) is 110 cm³/mol. The molecule has 0 N–H and O–H groups in total. The molecule has 0 radical (unpaired) electrons. The Kier molecular flexibility index (Phi) is 5.84. The average Bonchev–Trinajstić information content (AvgIpc) is 2.96. The number of anilines is 1. The van der Waals surface area contributed by atoms with Crippen molar-refractivity contribution in [3.63, 3.8) is 0 Å². The number of nitro benzene ring substituents is 1. The molecular formula is C21H28N4O3. The van der Waals surface area contributed by atoms with Crippen LogP contribution in [0.4, 0.5) is 11.4 Å². The number of nitrogens with zero attached hydrogens (tertiary/aromatic N) is 4. The summed E-state index contributed by atoms with van der Waals surface area (Å²) in [6, 6.07) is 9.15. The fourth-order valence-electron chi connectivity index (χ4n) is 4.18. The third-order valence-electron chi connectivity index (χ3n) is 5.46. The Morgan fingerprint density at radius 3 is 2.36 bits per heavy atom. The smallest absolute Gasteiger partial charge is 0.292 e. The molecule has 28 heavy (non-hydrogen) atoms. The summed E-state index contributed by atoms with van der Waals surface area (Å²) in [5.41, 5.74) is 3.72. The number of piperazine rings is 1. The number of hydrogen-bond acceptors (Lipinski definition) is 5. The molecule has 1 aliphatic heterocycles. The highest BCUT2D eigenvalue weighted by Gasteiger charge is 2.25. The van der Waals surface area contributed by atoms with Crippen molar-refractivity contribution in [2.24, 2.45) is 0 Å². The molecule has 0 saturated carbocycles. The van der Waals surface area contributed by atoms with Gasteiger partial charge in [0.25, 0.3) is 5.69 Å². The van der Waals surface area contributed by atoms with Crippen LogP contribution in [-0.2, 0) is 0 Å². The lowest BCUT2D eigenvalue weighted by molar-refractivity contribution is -0.384. The van der Waals surface area contributed by atoms with E-state index >= 15 is 0 Å². The van der Waals surface area contributed by atoms with Crippen LogP contribution in [-0.4, -0.2) is 52.9 Å². The summed E-state index contributed by atoms with van der Waals surface area (Å²) in [6.07, 6.45) is 0. The minimum Gasteiger partial charge on any atom is -0.363 e. The van der Waals surface area contributed by atoms with Crippen LogP contribution in [0.15, 0.2) is 30.3 Å². The zero-order valence-electron chi connectivity index (χ0n) is 17.0. The van der Waals surface area contributed by atoms with Crippen LogP contribution in [0.25, 0.3) is 0 Å². The Morgan fingerprint density at radius 1 is 1.14 bits per heavy atom. The zero-order valence-corrected chi connectivity index (χ0v) is 17.0. The van der Waals surface area contributed by atoms with E-state index in [1.54, 1.807) is 12.1 Å². The minimum atomic E-state index is -0.338. The first-order valence-corrected chi connectivity index (χ1v) is 9.72. The van der Waals surface area contributed by atoms with Crippen molar-refractivity contribution in [3.05, 3.63) is 57.4 Å². The Hall–Kier alpha value is -2.67. The number of benzene rings is 1. The van der Waals surface area contributed by atoms with E-state index in [2.05, 4.69) is 23.3 Å². The predicted octanol–water partition coefficient (Wildman–Crippen LogP) is 3.60. The molecule has 0 unspecified atom stereocenters. The van der Waals surface area contributed by atoms with Gasteiger partial charge in [0.2, 0.25) is 0 Å². The van der Waals surface area contributed by atoms with E-state index in [4.69, 9.17) is 0 Å². The molecule has 7 nitrogen and oxygen atoms in total. The number of ketones is 1. The number of hydrogen-bond donors (Lipinski definition) is 0. The second-order valence-electron chi connectivity index (χ2n) is 7.68. The molecule has 0 aliphatic carbocycles. The SMILES string of the molecule is Cc1cc(C(=O)CN2CCN(c3ccccc3[N+](=O)[O-])CC2)c(C)n1C(C)C. The van der Waals surface area contributed by atoms with Crippen LogP contribution in [0.2, 0.25) is 0 Å². The molecule has 0 atom stereocenters. The average molecular weight is 384 g/mol. The number of aromatic nitrogens is 1. The molecule has 0 bridgehead atoms. The summed E-state index contributed by atoms with van der Waals surface area (Å²) in [6.45, 7) is 11.4. The molecule has 1 fully saturated rings. The second-order valence-corrected chi connectivity index (χ2v) is 7.68. The third kappa shape index (κ3) is 3.94. The number of Topliss-reactive ketones (excluding diaryl/α,β-unsaturated/α-hetero) is 1. The van der Waals surface area contributed by atoms with Gasteiger partial charge in [0.1, 0.15) is 5.69 Å². The van der Waals surface area contributed by atoms with E-state index in [0.29, 0.717) is 44.5 Å². The molecule has 3 rings (SSSR count). The van der Waals surface area contributed by atoms with Crippen molar-refractivity contribution < 1.29 is 9.72 Å². The highest BCUT2D eigenvalue weighted by Crippen LogP contribution is 2.28. The molecule has 1 aromatic heterocycles. The summed E-state index contributed by atoms with van der Waals surface area (Å²) in [7, 11) is 0. The maximum atomic E-state index is 12.9. The normalized spacial score (nSPS) is 15.2. The lowest BCUT2D eigenvalue weighted by Crippen LogP contribution is -2.48. The first-order chi connectivity index (χ1) is 13.3. The van der Waals surface area contributed by atoms with E-state index in [9.17, 15) is 14.9 Å². The van der Waals surface area contributed by atoms with Gasteiger partial charge >= 0.3 is 0 Å². The summed E-state index contributed by atoms with van der Waals surface area (Å²) in [4.78, 5) is 27.9. The van der Waals surface area contributed by atoms with Crippen molar-refractivity contribution in [3.8, 4) is 0 Å². The van der Waals surface area contributed by atoms with Crippen LogP contribution in [0.1, 0.15) is 41.6 Å². The van der Waals surface area contributed by atoms with Gasteiger partial charge < -0.3 is 9.47 Å². The van der Waals surface area contributed by atoms with Gasteiger partial charge in [0, 0.05) is 55.2 Å². The number of nitro groups is 1. The molecule has 150 valence electrons. The highest BCUT2D eigenvalue weighted by atomic mass is 16.6. The first kappa shape index (κ1) is 20.1. The molecule has 0 amide bonds. The van der Waals surface area contributed by atoms with Crippen LogP contribution >= 0.6 is 0 Å². The summed E-state index contributed by atoms with van der Waals surface area (Å²) >= 11 is 0. The Balaban J connectivity index is 1.65. The monoisotopic (exact) mass is 384 g/mol. The second kappa shape index (κ2) is 8.14. The van der Waals surface area contributed by atoms with Gasteiger partial charge in [-0.25, -0.2) is 0 Å². The van der Waals surface area contributed by atoms with E-state index in [-0.39, 0.29) is 16.4 Å². The number of rotatable bonds is 6. The molecule has 7 heteroatoms. The highest BCUT2D eigenvalue weighted by molar-refractivity contribution is 5.99. The van der Waals surface area contributed by atoms with Crippen LogP contribution in [0.5, 0.6) is 0 Å². The Morgan fingerprint density at radius 2 is 1.79 bits per heavy atom. The van der Waals surface area contributed by atoms with E-state index in [1.165, 1.54) is 6.07 Å². The summed E-state index contributed by atoms with van der Waals surface area (Å²) < 4.78 is 2.19. The molecule has 2 heterocycles. The molecule has 2 aromatic rings. The summed E-state index contributed by atoms with van der Waals surface area (Å²) in [5.74, 6) is 0.138. The molecule has 0 spiro atoms.